The van der Waals surface area contributed by atoms with Crippen molar-refractivity contribution in [2.24, 2.45) is 0 Å². The fourth-order valence-electron chi connectivity index (χ4n) is 3.51. The van der Waals surface area contributed by atoms with Crippen LogP contribution in [0.4, 0.5) is 0 Å². The van der Waals surface area contributed by atoms with Gasteiger partial charge in [0.15, 0.2) is 12.7 Å². The molecule has 1 aliphatic heterocycles. The summed E-state index contributed by atoms with van der Waals surface area (Å²) in [6.45, 7) is 0.279. The maximum absolute atomic E-state index is 12.3. The summed E-state index contributed by atoms with van der Waals surface area (Å²) in [6, 6.07) is 15.8. The molecule has 5 heteroatoms. The van der Waals surface area contributed by atoms with Gasteiger partial charge in [0.05, 0.1) is 6.04 Å². The van der Waals surface area contributed by atoms with Crippen LogP contribution in [0.15, 0.2) is 48.5 Å². The first-order valence-electron chi connectivity index (χ1n) is 8.50. The largest absolute Gasteiger partial charge is 0.454 e. The Balaban J connectivity index is 1.45. The van der Waals surface area contributed by atoms with Crippen molar-refractivity contribution in [1.82, 2.24) is 5.32 Å². The highest BCUT2D eigenvalue weighted by Crippen LogP contribution is 2.42. The van der Waals surface area contributed by atoms with Gasteiger partial charge >= 0.3 is 5.97 Å². The van der Waals surface area contributed by atoms with Crippen molar-refractivity contribution >= 4 is 11.9 Å². The van der Waals surface area contributed by atoms with Crippen LogP contribution in [0.3, 0.4) is 0 Å². The van der Waals surface area contributed by atoms with E-state index in [4.69, 9.17) is 9.47 Å². The van der Waals surface area contributed by atoms with Crippen molar-refractivity contribution in [2.45, 2.75) is 25.0 Å². The van der Waals surface area contributed by atoms with Crippen molar-refractivity contribution in [3.05, 3.63) is 59.7 Å². The van der Waals surface area contributed by atoms with Crippen LogP contribution in [-0.2, 0) is 19.1 Å². The number of esters is 1. The average molecular weight is 337 g/mol. The summed E-state index contributed by atoms with van der Waals surface area (Å²) in [6.07, 6.45) is 0.978. The monoisotopic (exact) mass is 337 g/mol. The van der Waals surface area contributed by atoms with Crippen molar-refractivity contribution < 1.29 is 19.1 Å². The molecule has 1 fully saturated rings. The number of fused-ring (bicyclic) bond motifs is 3. The molecule has 1 amide bonds. The molecule has 128 valence electrons. The quantitative estimate of drug-likeness (QED) is 0.871. The molecule has 2 aliphatic rings. The maximum Gasteiger partial charge on any atom is 0.335 e. The lowest BCUT2D eigenvalue weighted by Gasteiger charge is -2.16. The molecule has 0 saturated carbocycles. The van der Waals surface area contributed by atoms with Gasteiger partial charge < -0.3 is 14.8 Å². The maximum atomic E-state index is 12.3. The summed E-state index contributed by atoms with van der Waals surface area (Å²) in [5, 5.41) is 2.98. The number of amides is 1. The van der Waals surface area contributed by atoms with E-state index in [0.717, 1.165) is 28.7 Å². The van der Waals surface area contributed by atoms with E-state index in [2.05, 4.69) is 17.4 Å². The molecule has 2 aromatic carbocycles. The van der Waals surface area contributed by atoms with Crippen LogP contribution in [0.2, 0.25) is 0 Å². The third-order valence-corrected chi connectivity index (χ3v) is 4.68. The number of rotatable bonds is 4. The molecule has 1 heterocycles. The molecule has 0 unspecified atom stereocenters. The van der Waals surface area contributed by atoms with Crippen molar-refractivity contribution in [1.29, 1.82) is 0 Å². The minimum Gasteiger partial charge on any atom is -0.454 e. The van der Waals surface area contributed by atoms with Gasteiger partial charge in [0, 0.05) is 6.61 Å². The highest BCUT2D eigenvalue weighted by molar-refractivity contribution is 5.85. The predicted octanol–water partition coefficient (Wildman–Crippen LogP) is 2.59. The average Bonchev–Trinajstić information content (AvgIpc) is 3.28. The first kappa shape index (κ1) is 15.8. The van der Waals surface area contributed by atoms with Crippen LogP contribution in [-0.4, -0.2) is 31.2 Å². The summed E-state index contributed by atoms with van der Waals surface area (Å²) < 4.78 is 10.4. The van der Waals surface area contributed by atoms with Gasteiger partial charge in [-0.2, -0.15) is 0 Å². The van der Waals surface area contributed by atoms with E-state index < -0.39 is 12.1 Å². The lowest BCUT2D eigenvalue weighted by molar-refractivity contribution is -0.157. The second-order valence-corrected chi connectivity index (χ2v) is 6.28. The van der Waals surface area contributed by atoms with Crippen LogP contribution < -0.4 is 5.32 Å². The summed E-state index contributed by atoms with van der Waals surface area (Å²) in [4.78, 5) is 24.2. The lowest BCUT2D eigenvalue weighted by Crippen LogP contribution is -2.34. The van der Waals surface area contributed by atoms with Gasteiger partial charge in [-0.1, -0.05) is 48.5 Å². The van der Waals surface area contributed by atoms with E-state index in [1.165, 1.54) is 0 Å². The number of ether oxygens (including phenoxy) is 2. The molecule has 0 bridgehead atoms. The minimum atomic E-state index is -0.527. The van der Waals surface area contributed by atoms with E-state index in [0.29, 0.717) is 13.0 Å². The van der Waals surface area contributed by atoms with Gasteiger partial charge in [0.25, 0.3) is 5.91 Å². The summed E-state index contributed by atoms with van der Waals surface area (Å²) in [5.74, 6) is -0.775. The Morgan fingerprint density at radius 3 is 2.28 bits per heavy atom. The van der Waals surface area contributed by atoms with E-state index in [-0.39, 0.29) is 18.6 Å². The molecule has 1 saturated heterocycles. The second kappa shape index (κ2) is 6.69. The summed E-state index contributed by atoms with van der Waals surface area (Å²) in [7, 11) is 0. The Morgan fingerprint density at radius 1 is 1.04 bits per heavy atom. The predicted molar refractivity (Wildman–Crippen MR) is 91.8 cm³/mol. The van der Waals surface area contributed by atoms with Crippen molar-refractivity contribution in [3.8, 4) is 11.1 Å². The zero-order valence-corrected chi connectivity index (χ0v) is 13.7. The number of benzene rings is 2. The van der Waals surface area contributed by atoms with E-state index in [1.54, 1.807) is 0 Å². The van der Waals surface area contributed by atoms with Gasteiger partial charge in [0.2, 0.25) is 0 Å². The fraction of sp³-hybridized carbons (Fsp3) is 0.300. The first-order chi connectivity index (χ1) is 12.2. The number of nitrogens with one attached hydrogen (secondary N) is 1. The second-order valence-electron chi connectivity index (χ2n) is 6.28. The third kappa shape index (κ3) is 3.03. The molecule has 2 aromatic rings. The van der Waals surface area contributed by atoms with Crippen molar-refractivity contribution in [3.63, 3.8) is 0 Å². The Kier molecular flexibility index (Phi) is 4.24. The van der Waals surface area contributed by atoms with E-state index in [9.17, 15) is 9.59 Å². The lowest BCUT2D eigenvalue weighted by atomic mass is 10.1. The number of carbonyl (C=O) groups excluding carboxylic acids is 2. The molecular formula is C20H19NO4. The summed E-state index contributed by atoms with van der Waals surface area (Å²) in [5.41, 5.74) is 4.37. The smallest absolute Gasteiger partial charge is 0.335 e. The van der Waals surface area contributed by atoms with Gasteiger partial charge in [-0.05, 0) is 35.1 Å². The molecule has 5 nitrogen and oxygen atoms in total. The van der Waals surface area contributed by atoms with Crippen LogP contribution in [0.5, 0.6) is 0 Å². The first-order valence-corrected chi connectivity index (χ1v) is 8.50. The molecule has 1 aliphatic carbocycles. The van der Waals surface area contributed by atoms with Crippen LogP contribution in [0.25, 0.3) is 11.1 Å². The Morgan fingerprint density at radius 2 is 1.68 bits per heavy atom. The number of hydrogen-bond acceptors (Lipinski definition) is 4. The topological polar surface area (TPSA) is 64.6 Å². The zero-order chi connectivity index (χ0) is 17.2. The molecule has 0 radical (unpaired) electrons. The highest BCUT2D eigenvalue weighted by Gasteiger charge is 2.30. The standard InChI is InChI=1S/C20H19NO4/c22-18(12-25-20(23)17-10-5-11-24-17)21-19-15-8-3-1-6-13(15)14-7-2-4-9-16(14)19/h1-4,6-9,17,19H,5,10-12H2,(H,21,22)/t17-/m1/s1. The molecule has 1 atom stereocenters. The molecule has 25 heavy (non-hydrogen) atoms. The number of hydrogen-bond donors (Lipinski definition) is 1. The Bertz CT molecular complexity index is 765. The molecule has 0 aromatic heterocycles. The minimum absolute atomic E-state index is 0.221. The van der Waals surface area contributed by atoms with Gasteiger partial charge in [-0.25, -0.2) is 4.79 Å². The Hall–Kier alpha value is -2.66. The molecule has 1 N–H and O–H groups in total. The molecule has 4 rings (SSSR count). The van der Waals surface area contributed by atoms with Gasteiger partial charge in [0.1, 0.15) is 0 Å². The number of carbonyl (C=O) groups is 2. The molecule has 0 spiro atoms. The Labute approximate surface area is 145 Å². The van der Waals surface area contributed by atoms with Gasteiger partial charge in [-0.3, -0.25) is 4.79 Å². The van der Waals surface area contributed by atoms with E-state index in [1.807, 2.05) is 36.4 Å². The van der Waals surface area contributed by atoms with Crippen LogP contribution >= 0.6 is 0 Å². The normalized spacial score (nSPS) is 18.5. The van der Waals surface area contributed by atoms with Crippen LogP contribution in [0, 0.1) is 0 Å². The van der Waals surface area contributed by atoms with Crippen molar-refractivity contribution in [2.75, 3.05) is 13.2 Å². The fourth-order valence-corrected chi connectivity index (χ4v) is 3.51. The zero-order valence-electron chi connectivity index (χ0n) is 13.7. The van der Waals surface area contributed by atoms with Gasteiger partial charge in [-0.15, -0.1) is 0 Å². The van der Waals surface area contributed by atoms with Crippen LogP contribution in [0.1, 0.15) is 30.0 Å². The SMILES string of the molecule is O=C(COC(=O)[C@H]1CCCO1)NC1c2ccccc2-c2ccccc21. The summed E-state index contributed by atoms with van der Waals surface area (Å²) >= 11 is 0. The molecular weight excluding hydrogens is 318 g/mol. The third-order valence-electron chi connectivity index (χ3n) is 4.68. The van der Waals surface area contributed by atoms with E-state index >= 15 is 0 Å². The highest BCUT2D eigenvalue weighted by atomic mass is 16.6.